The molecule has 1 heterocycles. The smallest absolute Gasteiger partial charge is 0.119 e. The molecule has 94 valence electrons. The molecule has 0 spiro atoms. The minimum absolute atomic E-state index is 0.714. The normalized spacial score (nSPS) is 25.1. The summed E-state index contributed by atoms with van der Waals surface area (Å²) in [4.78, 5) is 2.53. The lowest BCUT2D eigenvalue weighted by Crippen LogP contribution is -2.31. The van der Waals surface area contributed by atoms with Crippen LogP contribution in [0.25, 0.3) is 0 Å². The lowest BCUT2D eigenvalue weighted by molar-refractivity contribution is 0.202. The van der Waals surface area contributed by atoms with E-state index in [1.807, 2.05) is 12.1 Å². The Bertz CT molecular complexity index is 346. The van der Waals surface area contributed by atoms with Crippen LogP contribution in [-0.4, -0.2) is 30.6 Å². The zero-order chi connectivity index (χ0) is 12.3. The molecule has 0 aromatic heterocycles. The van der Waals surface area contributed by atoms with E-state index < -0.39 is 0 Å². The Labute approximate surface area is 105 Å². The van der Waals surface area contributed by atoms with Gasteiger partial charge in [-0.1, -0.05) is 24.6 Å². The minimum Gasteiger partial charge on any atom is -0.492 e. The second-order valence-electron chi connectivity index (χ2n) is 5.35. The number of likely N-dealkylation sites (tertiary alicyclic amines) is 1. The number of aryl methyl sites for hydroxylation is 1. The maximum atomic E-state index is 5.76. The van der Waals surface area contributed by atoms with Crippen LogP contribution in [0.3, 0.4) is 0 Å². The first-order chi connectivity index (χ1) is 8.15. The van der Waals surface area contributed by atoms with Gasteiger partial charge >= 0.3 is 0 Å². The molecule has 1 aliphatic heterocycles. The SMILES string of the molecule is Cc1ccc(OCCN2CC(C)CC2C)cc1. The van der Waals surface area contributed by atoms with Crippen molar-refractivity contribution < 1.29 is 4.74 Å². The van der Waals surface area contributed by atoms with E-state index in [0.717, 1.165) is 24.8 Å². The number of rotatable bonds is 4. The monoisotopic (exact) mass is 233 g/mol. The number of ether oxygens (including phenoxy) is 1. The van der Waals surface area contributed by atoms with Gasteiger partial charge in [0.15, 0.2) is 0 Å². The van der Waals surface area contributed by atoms with E-state index in [4.69, 9.17) is 4.74 Å². The van der Waals surface area contributed by atoms with Crippen LogP contribution in [-0.2, 0) is 0 Å². The van der Waals surface area contributed by atoms with E-state index >= 15 is 0 Å². The number of hydrogen-bond donors (Lipinski definition) is 0. The first kappa shape index (κ1) is 12.4. The third kappa shape index (κ3) is 3.47. The molecular weight excluding hydrogens is 210 g/mol. The van der Waals surface area contributed by atoms with Gasteiger partial charge in [0.1, 0.15) is 12.4 Å². The molecule has 0 N–H and O–H groups in total. The zero-order valence-corrected chi connectivity index (χ0v) is 11.1. The van der Waals surface area contributed by atoms with Crippen molar-refractivity contribution in [2.75, 3.05) is 19.7 Å². The maximum absolute atomic E-state index is 5.76. The Balaban J connectivity index is 1.74. The van der Waals surface area contributed by atoms with Crippen molar-refractivity contribution in [3.05, 3.63) is 29.8 Å². The molecule has 2 heteroatoms. The van der Waals surface area contributed by atoms with Gasteiger partial charge in [-0.25, -0.2) is 0 Å². The highest BCUT2D eigenvalue weighted by molar-refractivity contribution is 5.26. The van der Waals surface area contributed by atoms with Crippen molar-refractivity contribution >= 4 is 0 Å². The Kier molecular flexibility index (Phi) is 4.06. The van der Waals surface area contributed by atoms with E-state index in [1.165, 1.54) is 18.5 Å². The molecule has 0 aliphatic carbocycles. The Morgan fingerprint density at radius 1 is 1.24 bits per heavy atom. The first-order valence-corrected chi connectivity index (χ1v) is 6.58. The number of hydrogen-bond acceptors (Lipinski definition) is 2. The maximum Gasteiger partial charge on any atom is 0.119 e. The quantitative estimate of drug-likeness (QED) is 0.792. The molecular formula is C15H23NO. The molecule has 1 fully saturated rings. The van der Waals surface area contributed by atoms with Crippen molar-refractivity contribution in [3.63, 3.8) is 0 Å². The molecule has 1 aromatic carbocycles. The Hall–Kier alpha value is -1.02. The van der Waals surface area contributed by atoms with Gasteiger partial charge in [0.05, 0.1) is 0 Å². The average Bonchev–Trinajstić information content (AvgIpc) is 2.60. The fourth-order valence-corrected chi connectivity index (χ4v) is 2.61. The fourth-order valence-electron chi connectivity index (χ4n) is 2.61. The standard InChI is InChI=1S/C15H23NO/c1-12-4-6-15(7-5-12)17-9-8-16-11-13(2)10-14(16)3/h4-7,13-14H,8-11H2,1-3H3. The van der Waals surface area contributed by atoms with Crippen LogP contribution >= 0.6 is 0 Å². The molecule has 0 bridgehead atoms. The summed E-state index contributed by atoms with van der Waals surface area (Å²) in [7, 11) is 0. The van der Waals surface area contributed by atoms with Gasteiger partial charge in [-0.2, -0.15) is 0 Å². The first-order valence-electron chi connectivity index (χ1n) is 6.58. The van der Waals surface area contributed by atoms with Crippen molar-refractivity contribution in [3.8, 4) is 5.75 Å². The molecule has 1 aliphatic rings. The molecule has 0 saturated carbocycles. The molecule has 0 amide bonds. The summed E-state index contributed by atoms with van der Waals surface area (Å²) in [6.45, 7) is 9.79. The minimum atomic E-state index is 0.714. The average molecular weight is 233 g/mol. The number of nitrogens with zero attached hydrogens (tertiary/aromatic N) is 1. The largest absolute Gasteiger partial charge is 0.492 e. The van der Waals surface area contributed by atoms with Gasteiger partial charge < -0.3 is 4.74 Å². The van der Waals surface area contributed by atoms with Crippen molar-refractivity contribution in [2.24, 2.45) is 5.92 Å². The highest BCUT2D eigenvalue weighted by Crippen LogP contribution is 2.21. The topological polar surface area (TPSA) is 12.5 Å². The second kappa shape index (κ2) is 5.54. The fraction of sp³-hybridized carbons (Fsp3) is 0.600. The van der Waals surface area contributed by atoms with Gasteiger partial charge in [-0.15, -0.1) is 0 Å². The van der Waals surface area contributed by atoms with E-state index in [9.17, 15) is 0 Å². The van der Waals surface area contributed by atoms with Crippen LogP contribution in [0.2, 0.25) is 0 Å². The third-order valence-electron chi connectivity index (χ3n) is 3.58. The van der Waals surface area contributed by atoms with Crippen molar-refractivity contribution in [2.45, 2.75) is 33.2 Å². The van der Waals surface area contributed by atoms with E-state index in [-0.39, 0.29) is 0 Å². The summed E-state index contributed by atoms with van der Waals surface area (Å²) >= 11 is 0. The summed E-state index contributed by atoms with van der Waals surface area (Å²) in [6.07, 6.45) is 1.32. The molecule has 17 heavy (non-hydrogen) atoms. The van der Waals surface area contributed by atoms with Crippen LogP contribution < -0.4 is 4.74 Å². The summed E-state index contributed by atoms with van der Waals surface area (Å²) in [5, 5.41) is 0. The van der Waals surface area contributed by atoms with Crippen LogP contribution in [0, 0.1) is 12.8 Å². The molecule has 1 aromatic rings. The van der Waals surface area contributed by atoms with Crippen LogP contribution in [0.5, 0.6) is 5.75 Å². The molecule has 2 rings (SSSR count). The van der Waals surface area contributed by atoms with E-state index in [0.29, 0.717) is 6.04 Å². The molecule has 2 atom stereocenters. The van der Waals surface area contributed by atoms with Gasteiger partial charge in [-0.05, 0) is 38.3 Å². The molecule has 2 nitrogen and oxygen atoms in total. The zero-order valence-electron chi connectivity index (χ0n) is 11.1. The predicted molar refractivity (Wildman–Crippen MR) is 71.5 cm³/mol. The third-order valence-corrected chi connectivity index (χ3v) is 3.58. The highest BCUT2D eigenvalue weighted by Gasteiger charge is 2.25. The summed E-state index contributed by atoms with van der Waals surface area (Å²) in [5.41, 5.74) is 1.28. The van der Waals surface area contributed by atoms with Crippen LogP contribution in [0.4, 0.5) is 0 Å². The molecule has 0 radical (unpaired) electrons. The van der Waals surface area contributed by atoms with Gasteiger partial charge in [-0.3, -0.25) is 4.90 Å². The van der Waals surface area contributed by atoms with E-state index in [1.54, 1.807) is 0 Å². The second-order valence-corrected chi connectivity index (χ2v) is 5.35. The van der Waals surface area contributed by atoms with Gasteiger partial charge in [0, 0.05) is 19.1 Å². The lowest BCUT2D eigenvalue weighted by atomic mass is 10.1. The number of benzene rings is 1. The molecule has 2 unspecified atom stereocenters. The van der Waals surface area contributed by atoms with Gasteiger partial charge in [0.25, 0.3) is 0 Å². The predicted octanol–water partition coefficient (Wildman–Crippen LogP) is 3.10. The van der Waals surface area contributed by atoms with Crippen molar-refractivity contribution in [1.82, 2.24) is 4.90 Å². The molecule has 1 saturated heterocycles. The Morgan fingerprint density at radius 3 is 2.53 bits per heavy atom. The van der Waals surface area contributed by atoms with Crippen LogP contribution in [0.15, 0.2) is 24.3 Å². The van der Waals surface area contributed by atoms with Crippen LogP contribution in [0.1, 0.15) is 25.8 Å². The summed E-state index contributed by atoms with van der Waals surface area (Å²) in [5.74, 6) is 1.82. The summed E-state index contributed by atoms with van der Waals surface area (Å²) < 4.78 is 5.76. The van der Waals surface area contributed by atoms with E-state index in [2.05, 4.69) is 37.8 Å². The Morgan fingerprint density at radius 2 is 1.94 bits per heavy atom. The van der Waals surface area contributed by atoms with Gasteiger partial charge in [0.2, 0.25) is 0 Å². The highest BCUT2D eigenvalue weighted by atomic mass is 16.5. The van der Waals surface area contributed by atoms with Crippen molar-refractivity contribution in [1.29, 1.82) is 0 Å². The summed E-state index contributed by atoms with van der Waals surface area (Å²) in [6, 6.07) is 8.99. The lowest BCUT2D eigenvalue weighted by Gasteiger charge is -2.20.